The number of ether oxygens (including phenoxy) is 5. The van der Waals surface area contributed by atoms with Gasteiger partial charge in [0.15, 0.2) is 24.0 Å². The summed E-state index contributed by atoms with van der Waals surface area (Å²) in [5.41, 5.74) is 1.74. The van der Waals surface area contributed by atoms with Crippen LogP contribution in [0.25, 0.3) is 0 Å². The molecular formula is C22H30N2O7. The van der Waals surface area contributed by atoms with Crippen molar-refractivity contribution >= 4 is 17.5 Å². The zero-order valence-corrected chi connectivity index (χ0v) is 18.6. The lowest BCUT2D eigenvalue weighted by Crippen LogP contribution is -2.60. The molecule has 9 heteroatoms. The molecule has 3 aliphatic heterocycles. The van der Waals surface area contributed by atoms with Crippen LogP contribution in [0.15, 0.2) is 24.3 Å². The number of hydrogen-bond acceptors (Lipinski definition) is 7. The van der Waals surface area contributed by atoms with Gasteiger partial charge in [-0.25, -0.2) is 0 Å². The lowest BCUT2D eigenvalue weighted by Gasteiger charge is -2.36. The van der Waals surface area contributed by atoms with Gasteiger partial charge in [0, 0.05) is 5.69 Å². The SMILES string of the molecule is Cc1ccc(NC(=O)[C@H](C)NC(=O)[C@H]2O[C@@H]3OC(C)(C)O[C@@H]3[C@H]3OC(C)(C)O[C@H]32)cc1. The number of aryl methyl sites for hydroxylation is 1. The second-order valence-electron chi connectivity index (χ2n) is 9.18. The topological polar surface area (TPSA) is 104 Å². The first kappa shape index (κ1) is 22.2. The summed E-state index contributed by atoms with van der Waals surface area (Å²) in [5.74, 6) is -2.60. The Morgan fingerprint density at radius 3 is 2.16 bits per heavy atom. The van der Waals surface area contributed by atoms with E-state index >= 15 is 0 Å². The Kier molecular flexibility index (Phi) is 5.60. The molecule has 0 saturated carbocycles. The molecule has 2 N–H and O–H groups in total. The maximum absolute atomic E-state index is 13.1. The molecule has 6 atom stereocenters. The van der Waals surface area contributed by atoms with Gasteiger partial charge in [-0.3, -0.25) is 9.59 Å². The summed E-state index contributed by atoms with van der Waals surface area (Å²) < 4.78 is 29.7. The molecule has 3 fully saturated rings. The minimum absolute atomic E-state index is 0.340. The van der Waals surface area contributed by atoms with E-state index < -0.39 is 54.2 Å². The number of benzene rings is 1. The number of carbonyl (C=O) groups is 2. The molecule has 3 heterocycles. The number of carbonyl (C=O) groups excluding carboxylic acids is 2. The van der Waals surface area contributed by atoms with Gasteiger partial charge in [0.1, 0.15) is 24.4 Å². The van der Waals surface area contributed by atoms with Gasteiger partial charge in [-0.15, -0.1) is 0 Å². The summed E-state index contributed by atoms with van der Waals surface area (Å²) in [6, 6.07) is 6.62. The van der Waals surface area contributed by atoms with E-state index in [0.29, 0.717) is 5.69 Å². The summed E-state index contributed by atoms with van der Waals surface area (Å²) in [5, 5.41) is 5.50. The molecule has 0 bridgehead atoms. The number of fused-ring (bicyclic) bond motifs is 3. The van der Waals surface area contributed by atoms with Gasteiger partial charge < -0.3 is 34.3 Å². The van der Waals surface area contributed by atoms with E-state index in [-0.39, 0.29) is 5.91 Å². The fourth-order valence-electron chi connectivity index (χ4n) is 4.07. The van der Waals surface area contributed by atoms with Crippen molar-refractivity contribution in [2.45, 2.75) is 89.9 Å². The molecule has 0 aromatic heterocycles. The zero-order chi connectivity index (χ0) is 22.6. The number of amides is 2. The van der Waals surface area contributed by atoms with Gasteiger partial charge >= 0.3 is 0 Å². The number of anilines is 1. The maximum atomic E-state index is 13.1. The van der Waals surface area contributed by atoms with Crippen LogP contribution < -0.4 is 10.6 Å². The van der Waals surface area contributed by atoms with Crippen molar-refractivity contribution in [3.05, 3.63) is 29.8 Å². The van der Waals surface area contributed by atoms with Crippen LogP contribution in [0, 0.1) is 6.92 Å². The average Bonchev–Trinajstić information content (AvgIpc) is 3.16. The molecule has 31 heavy (non-hydrogen) atoms. The van der Waals surface area contributed by atoms with Crippen molar-refractivity contribution in [1.82, 2.24) is 5.32 Å². The van der Waals surface area contributed by atoms with Crippen LogP contribution in [0.3, 0.4) is 0 Å². The van der Waals surface area contributed by atoms with Crippen molar-refractivity contribution < 1.29 is 33.3 Å². The van der Waals surface area contributed by atoms with Gasteiger partial charge in [0.2, 0.25) is 5.91 Å². The Labute approximate surface area is 181 Å². The quantitative estimate of drug-likeness (QED) is 0.745. The minimum Gasteiger partial charge on any atom is -0.342 e. The molecule has 9 nitrogen and oxygen atoms in total. The van der Waals surface area contributed by atoms with Crippen molar-refractivity contribution in [1.29, 1.82) is 0 Å². The summed E-state index contributed by atoms with van der Waals surface area (Å²) in [7, 11) is 0. The highest BCUT2D eigenvalue weighted by molar-refractivity contribution is 5.97. The molecule has 1 aromatic carbocycles. The lowest BCUT2D eigenvalue weighted by atomic mass is 9.98. The Morgan fingerprint density at radius 2 is 1.48 bits per heavy atom. The second kappa shape index (κ2) is 7.83. The standard InChI is InChI=1S/C22H30N2O7/c1-11-7-9-13(10-8-11)24-18(25)12(2)23-19(26)16-14-15(29-21(3,4)28-14)17-20(27-16)31-22(5,6)30-17/h7-10,12,14-17,20H,1-6H3,(H,23,26)(H,24,25)/t12-,14+,15-,16-,17+,20+/m0/s1. The van der Waals surface area contributed by atoms with Crippen LogP contribution in [0.4, 0.5) is 5.69 Å². The predicted molar refractivity (Wildman–Crippen MR) is 110 cm³/mol. The Bertz CT molecular complexity index is 854. The van der Waals surface area contributed by atoms with Gasteiger partial charge in [0.05, 0.1) is 0 Å². The number of rotatable bonds is 4. The summed E-state index contributed by atoms with van der Waals surface area (Å²) in [4.78, 5) is 25.6. The first-order valence-corrected chi connectivity index (χ1v) is 10.5. The van der Waals surface area contributed by atoms with E-state index in [4.69, 9.17) is 23.7 Å². The fraction of sp³-hybridized carbons (Fsp3) is 0.636. The largest absolute Gasteiger partial charge is 0.342 e. The molecule has 0 spiro atoms. The molecule has 0 aliphatic carbocycles. The van der Waals surface area contributed by atoms with Gasteiger partial charge in [-0.1, -0.05) is 17.7 Å². The molecule has 0 unspecified atom stereocenters. The smallest absolute Gasteiger partial charge is 0.252 e. The van der Waals surface area contributed by atoms with E-state index in [9.17, 15) is 9.59 Å². The van der Waals surface area contributed by atoms with Gasteiger partial charge in [-0.2, -0.15) is 0 Å². The summed E-state index contributed by atoms with van der Waals surface area (Å²) in [6.45, 7) is 10.7. The van der Waals surface area contributed by atoms with E-state index in [1.165, 1.54) is 0 Å². The number of hydrogen-bond donors (Lipinski definition) is 2. The van der Waals surface area contributed by atoms with E-state index in [1.807, 2.05) is 31.2 Å². The third-order valence-corrected chi connectivity index (χ3v) is 5.48. The van der Waals surface area contributed by atoms with E-state index in [0.717, 1.165) is 5.56 Å². The molecule has 0 radical (unpaired) electrons. The van der Waals surface area contributed by atoms with Crippen molar-refractivity contribution in [3.8, 4) is 0 Å². The molecule has 2 amide bonds. The van der Waals surface area contributed by atoms with Crippen LogP contribution in [0.2, 0.25) is 0 Å². The van der Waals surface area contributed by atoms with E-state index in [1.54, 1.807) is 34.6 Å². The van der Waals surface area contributed by atoms with Crippen LogP contribution in [0.1, 0.15) is 40.2 Å². The average molecular weight is 434 g/mol. The van der Waals surface area contributed by atoms with Crippen molar-refractivity contribution in [3.63, 3.8) is 0 Å². The first-order valence-electron chi connectivity index (χ1n) is 10.5. The minimum atomic E-state index is -1.01. The normalized spacial score (nSPS) is 33.8. The predicted octanol–water partition coefficient (Wildman–Crippen LogP) is 1.83. The monoisotopic (exact) mass is 434 g/mol. The highest BCUT2D eigenvalue weighted by atomic mass is 16.9. The lowest BCUT2D eigenvalue weighted by molar-refractivity contribution is -0.231. The van der Waals surface area contributed by atoms with Crippen molar-refractivity contribution in [2.24, 2.45) is 0 Å². The third-order valence-electron chi connectivity index (χ3n) is 5.48. The van der Waals surface area contributed by atoms with Crippen LogP contribution >= 0.6 is 0 Å². The fourth-order valence-corrected chi connectivity index (χ4v) is 4.07. The molecule has 3 saturated heterocycles. The molecule has 3 aliphatic rings. The first-order chi connectivity index (χ1) is 14.4. The third kappa shape index (κ3) is 4.61. The molecule has 4 rings (SSSR count). The van der Waals surface area contributed by atoms with Gasteiger partial charge in [-0.05, 0) is 53.7 Å². The summed E-state index contributed by atoms with van der Waals surface area (Å²) in [6.07, 6.45) is -3.54. The Morgan fingerprint density at radius 1 is 0.903 bits per heavy atom. The zero-order valence-electron chi connectivity index (χ0n) is 18.6. The molecule has 170 valence electrons. The Hall–Kier alpha value is -2.04. The second-order valence-corrected chi connectivity index (χ2v) is 9.18. The highest BCUT2D eigenvalue weighted by Crippen LogP contribution is 2.44. The van der Waals surface area contributed by atoms with Crippen LogP contribution in [-0.4, -0.2) is 60.1 Å². The van der Waals surface area contributed by atoms with Crippen molar-refractivity contribution in [2.75, 3.05) is 5.32 Å². The maximum Gasteiger partial charge on any atom is 0.252 e. The summed E-state index contributed by atoms with van der Waals surface area (Å²) >= 11 is 0. The van der Waals surface area contributed by atoms with E-state index in [2.05, 4.69) is 10.6 Å². The van der Waals surface area contributed by atoms with Crippen LogP contribution in [0.5, 0.6) is 0 Å². The molecular weight excluding hydrogens is 404 g/mol. The molecule has 1 aromatic rings. The highest BCUT2D eigenvalue weighted by Gasteiger charge is 2.62. The van der Waals surface area contributed by atoms with Crippen LogP contribution in [-0.2, 0) is 33.3 Å². The van der Waals surface area contributed by atoms with Gasteiger partial charge in [0.25, 0.3) is 5.91 Å². The Balaban J connectivity index is 1.44. The number of nitrogens with one attached hydrogen (secondary N) is 2.